The molecule has 50 heavy (non-hydrogen) atoms. The molecule has 2 heterocycles. The maximum Gasteiger partial charge on any atom is 0.408 e. The number of alkyl carbamates (subject to hydrolysis) is 1. The Bertz CT molecular complexity index is 2010. The van der Waals surface area contributed by atoms with Crippen LogP contribution < -0.4 is 10.0 Å². The molecule has 1 amide bonds. The van der Waals surface area contributed by atoms with Crippen LogP contribution in [-0.2, 0) is 26.1 Å². The van der Waals surface area contributed by atoms with E-state index in [1.54, 1.807) is 75.7 Å². The third-order valence-corrected chi connectivity index (χ3v) is 9.41. The number of halogens is 3. The van der Waals surface area contributed by atoms with E-state index in [-0.39, 0.29) is 42.0 Å². The molecule has 0 bridgehead atoms. The van der Waals surface area contributed by atoms with Crippen molar-refractivity contribution < 1.29 is 41.4 Å². The highest BCUT2D eigenvalue weighted by Crippen LogP contribution is 2.32. The molecule has 268 valence electrons. The Hall–Kier alpha value is -4.56. The number of hydrogen-bond acceptors (Lipinski definition) is 7. The van der Waals surface area contributed by atoms with Gasteiger partial charge >= 0.3 is 12.1 Å². The van der Waals surface area contributed by atoms with Crippen molar-refractivity contribution in [3.8, 4) is 11.1 Å². The van der Waals surface area contributed by atoms with Crippen LogP contribution in [0.3, 0.4) is 0 Å². The van der Waals surface area contributed by atoms with Crippen molar-refractivity contribution in [1.82, 2.24) is 14.9 Å². The zero-order valence-electron chi connectivity index (χ0n) is 28.2. The van der Waals surface area contributed by atoms with Gasteiger partial charge in [0.25, 0.3) is 0 Å². The maximum atomic E-state index is 15.7. The summed E-state index contributed by atoms with van der Waals surface area (Å²) in [7, 11) is -3.96. The van der Waals surface area contributed by atoms with Gasteiger partial charge in [0.2, 0.25) is 15.8 Å². The van der Waals surface area contributed by atoms with E-state index in [1.165, 1.54) is 6.20 Å². The van der Waals surface area contributed by atoms with Crippen LogP contribution >= 0.6 is 11.6 Å². The standard InChI is InChI=1S/C35H39ClF2N4O7S/c1-6-15-50(47,48)41-27-12-11-26(37)29(30(27)38)31(43)25-19-42(32-24(25)17-22(18-39-32)21-7-9-23(36)10-8-21)14-13-20(2)16-28(33(44)45)40-34(46)49-35(3,4)5/h7-12,17-20,28,41H,6,13-16H2,1-5H3,(H,40,46)(H,44,45). The lowest BCUT2D eigenvalue weighted by molar-refractivity contribution is -0.140. The van der Waals surface area contributed by atoms with Gasteiger partial charge in [-0.25, -0.2) is 31.8 Å². The molecule has 3 N–H and O–H groups in total. The van der Waals surface area contributed by atoms with Crippen molar-refractivity contribution in [3.63, 3.8) is 0 Å². The van der Waals surface area contributed by atoms with Crippen molar-refractivity contribution >= 4 is 56.2 Å². The number of carbonyl (C=O) groups excluding carboxylic acids is 2. The second kappa shape index (κ2) is 15.5. The van der Waals surface area contributed by atoms with Gasteiger partial charge in [-0.05, 0) is 81.8 Å². The Morgan fingerprint density at radius 1 is 1.08 bits per heavy atom. The number of pyridine rings is 1. The van der Waals surface area contributed by atoms with Gasteiger partial charge in [0.1, 0.15) is 23.1 Å². The number of ketones is 1. The Morgan fingerprint density at radius 2 is 1.76 bits per heavy atom. The summed E-state index contributed by atoms with van der Waals surface area (Å²) < 4.78 is 64.6. The monoisotopic (exact) mass is 732 g/mol. The van der Waals surface area contributed by atoms with Gasteiger partial charge in [-0.2, -0.15) is 0 Å². The number of sulfonamides is 1. The summed E-state index contributed by atoms with van der Waals surface area (Å²) in [6, 6.07) is 9.03. The number of anilines is 1. The number of nitrogens with zero attached hydrogens (tertiary/aromatic N) is 2. The molecule has 2 aromatic heterocycles. The average Bonchev–Trinajstić information content (AvgIpc) is 3.38. The SMILES string of the molecule is CCCS(=O)(=O)Nc1ccc(F)c(C(=O)c2cn(CCC(C)CC(NC(=O)OC(C)(C)C)C(=O)O)c3ncc(-c4ccc(Cl)cc4)cc23)c1F. The van der Waals surface area contributed by atoms with Crippen molar-refractivity contribution in [2.45, 2.75) is 72.1 Å². The summed E-state index contributed by atoms with van der Waals surface area (Å²) in [5.74, 6) is -5.37. The Morgan fingerprint density at radius 3 is 2.38 bits per heavy atom. The Balaban J connectivity index is 1.70. The van der Waals surface area contributed by atoms with Crippen LogP contribution in [0.4, 0.5) is 19.3 Å². The number of carbonyl (C=O) groups is 3. The van der Waals surface area contributed by atoms with Crippen LogP contribution in [0.15, 0.2) is 54.9 Å². The predicted molar refractivity (Wildman–Crippen MR) is 187 cm³/mol. The molecular weight excluding hydrogens is 694 g/mol. The first-order chi connectivity index (χ1) is 23.4. The van der Waals surface area contributed by atoms with E-state index in [0.717, 1.165) is 12.1 Å². The molecule has 0 aliphatic rings. The highest BCUT2D eigenvalue weighted by Gasteiger charge is 2.28. The van der Waals surface area contributed by atoms with Crippen LogP contribution in [0, 0.1) is 17.6 Å². The minimum Gasteiger partial charge on any atom is -0.480 e. The van der Waals surface area contributed by atoms with E-state index in [1.807, 2.05) is 0 Å². The molecule has 2 unspecified atom stereocenters. The quantitative estimate of drug-likeness (QED) is 0.113. The fraction of sp³-hybridized carbons (Fsp3) is 0.371. The molecule has 4 rings (SSSR count). The average molecular weight is 733 g/mol. The molecule has 0 spiro atoms. The van der Waals surface area contributed by atoms with Crippen LogP contribution in [0.2, 0.25) is 5.02 Å². The fourth-order valence-electron chi connectivity index (χ4n) is 5.34. The molecule has 0 aliphatic carbocycles. The third kappa shape index (κ3) is 9.57. The van der Waals surface area contributed by atoms with E-state index in [0.29, 0.717) is 28.2 Å². The lowest BCUT2D eigenvalue weighted by Gasteiger charge is -2.23. The minimum atomic E-state index is -3.96. The van der Waals surface area contributed by atoms with E-state index < -0.39 is 62.4 Å². The molecular formula is C35H39ClF2N4O7S. The Labute approximate surface area is 294 Å². The second-order valence-electron chi connectivity index (χ2n) is 13.0. The number of nitrogens with one attached hydrogen (secondary N) is 2. The number of aryl methyl sites for hydroxylation is 1. The van der Waals surface area contributed by atoms with Crippen LogP contribution in [0.5, 0.6) is 0 Å². The fourth-order valence-corrected chi connectivity index (χ4v) is 6.59. The van der Waals surface area contributed by atoms with E-state index in [9.17, 15) is 27.9 Å². The second-order valence-corrected chi connectivity index (χ2v) is 15.3. The molecule has 2 aromatic carbocycles. The number of hydrogen-bond donors (Lipinski definition) is 3. The zero-order valence-corrected chi connectivity index (χ0v) is 29.8. The van der Waals surface area contributed by atoms with Gasteiger partial charge in [0, 0.05) is 40.5 Å². The first-order valence-electron chi connectivity index (χ1n) is 15.9. The van der Waals surface area contributed by atoms with Crippen molar-refractivity contribution in [2.24, 2.45) is 5.92 Å². The number of fused-ring (bicyclic) bond motifs is 1. The summed E-state index contributed by atoms with van der Waals surface area (Å²) >= 11 is 6.05. The normalized spacial score (nSPS) is 13.1. The molecule has 0 aliphatic heterocycles. The van der Waals surface area contributed by atoms with Gasteiger partial charge in [-0.15, -0.1) is 0 Å². The smallest absolute Gasteiger partial charge is 0.408 e. The van der Waals surface area contributed by atoms with Crippen LogP contribution in [-0.4, -0.2) is 58.3 Å². The number of benzene rings is 2. The largest absolute Gasteiger partial charge is 0.480 e. The number of carboxylic acid groups (broad SMARTS) is 1. The van der Waals surface area contributed by atoms with E-state index in [2.05, 4.69) is 15.0 Å². The third-order valence-electron chi connectivity index (χ3n) is 7.68. The number of ether oxygens (including phenoxy) is 1. The number of amides is 1. The summed E-state index contributed by atoms with van der Waals surface area (Å²) in [6.07, 6.45) is 2.81. The first-order valence-corrected chi connectivity index (χ1v) is 17.9. The Kier molecular flexibility index (Phi) is 11.9. The molecule has 4 aromatic rings. The number of rotatable bonds is 14. The first kappa shape index (κ1) is 38.2. The van der Waals surface area contributed by atoms with Gasteiger partial charge < -0.3 is 19.7 Å². The maximum absolute atomic E-state index is 15.7. The van der Waals surface area contributed by atoms with E-state index >= 15 is 8.78 Å². The lowest BCUT2D eigenvalue weighted by atomic mass is 9.98. The summed E-state index contributed by atoms with van der Waals surface area (Å²) in [5, 5.41) is 12.9. The van der Waals surface area contributed by atoms with Gasteiger partial charge in [0.05, 0.1) is 17.0 Å². The van der Waals surface area contributed by atoms with Gasteiger partial charge in [-0.3, -0.25) is 9.52 Å². The predicted octanol–water partition coefficient (Wildman–Crippen LogP) is 7.41. The summed E-state index contributed by atoms with van der Waals surface area (Å²) in [4.78, 5) is 42.7. The highest BCUT2D eigenvalue weighted by molar-refractivity contribution is 7.92. The van der Waals surface area contributed by atoms with E-state index in [4.69, 9.17) is 16.3 Å². The summed E-state index contributed by atoms with van der Waals surface area (Å²) in [6.45, 7) is 8.62. The zero-order chi connectivity index (χ0) is 37.0. The highest BCUT2D eigenvalue weighted by atomic mass is 35.5. The molecule has 11 nitrogen and oxygen atoms in total. The number of aromatic nitrogens is 2. The number of aliphatic carboxylic acids is 1. The number of carboxylic acids is 1. The molecule has 2 atom stereocenters. The molecule has 0 fully saturated rings. The van der Waals surface area contributed by atoms with Gasteiger partial charge in [0.15, 0.2) is 5.82 Å². The molecule has 0 saturated carbocycles. The van der Waals surface area contributed by atoms with Crippen molar-refractivity contribution in [3.05, 3.63) is 82.6 Å². The minimum absolute atomic E-state index is 0.0604. The van der Waals surface area contributed by atoms with Crippen molar-refractivity contribution in [2.75, 3.05) is 10.5 Å². The molecule has 0 radical (unpaired) electrons. The van der Waals surface area contributed by atoms with Gasteiger partial charge in [-0.1, -0.05) is 37.6 Å². The van der Waals surface area contributed by atoms with Crippen LogP contribution in [0.1, 0.15) is 69.8 Å². The van der Waals surface area contributed by atoms with Crippen LogP contribution in [0.25, 0.3) is 22.2 Å². The summed E-state index contributed by atoms with van der Waals surface area (Å²) in [5.41, 5.74) is -0.783. The topological polar surface area (TPSA) is 157 Å². The molecule has 0 saturated heterocycles. The van der Waals surface area contributed by atoms with Crippen molar-refractivity contribution in [1.29, 1.82) is 0 Å². The molecule has 15 heteroatoms. The lowest BCUT2D eigenvalue weighted by Crippen LogP contribution is -2.44.